The fourth-order valence-electron chi connectivity index (χ4n) is 2.00. The summed E-state index contributed by atoms with van der Waals surface area (Å²) in [7, 11) is 0. The summed E-state index contributed by atoms with van der Waals surface area (Å²) in [5.41, 5.74) is -0.141. The number of ketones is 1. The first kappa shape index (κ1) is 14.0. The lowest BCUT2D eigenvalue weighted by Crippen LogP contribution is -2.04. The molecule has 2 nitrogen and oxygen atoms in total. The van der Waals surface area contributed by atoms with Gasteiger partial charge in [-0.15, -0.1) is 0 Å². The Morgan fingerprint density at radius 2 is 1.86 bits per heavy atom. The minimum Gasteiger partial charge on any atom is -0.451 e. The van der Waals surface area contributed by atoms with Gasteiger partial charge in [0.25, 0.3) is 0 Å². The molecular formula is C15H6Cl2F2O2. The second kappa shape index (κ2) is 5.13. The molecular weight excluding hydrogens is 321 g/mol. The van der Waals surface area contributed by atoms with Gasteiger partial charge >= 0.3 is 0 Å². The third kappa shape index (κ3) is 2.41. The highest BCUT2D eigenvalue weighted by atomic mass is 35.5. The average molecular weight is 327 g/mol. The Balaban J connectivity index is 2.14. The molecule has 0 aliphatic carbocycles. The molecule has 0 N–H and O–H groups in total. The minimum absolute atomic E-state index is 0.140. The van der Waals surface area contributed by atoms with E-state index in [4.69, 9.17) is 27.6 Å². The van der Waals surface area contributed by atoms with Crippen molar-refractivity contribution in [3.05, 3.63) is 69.4 Å². The van der Waals surface area contributed by atoms with Crippen molar-refractivity contribution in [1.29, 1.82) is 0 Å². The molecule has 0 radical (unpaired) electrons. The molecule has 2 aromatic carbocycles. The van der Waals surface area contributed by atoms with Gasteiger partial charge < -0.3 is 4.42 Å². The fraction of sp³-hybridized carbons (Fsp3) is 0. The van der Waals surface area contributed by atoms with Gasteiger partial charge in [0.15, 0.2) is 23.0 Å². The van der Waals surface area contributed by atoms with Crippen LogP contribution < -0.4 is 0 Å². The highest BCUT2D eigenvalue weighted by molar-refractivity contribution is 6.38. The summed E-state index contributed by atoms with van der Waals surface area (Å²) in [6.45, 7) is 0. The lowest BCUT2D eigenvalue weighted by molar-refractivity contribution is 0.101. The zero-order valence-electron chi connectivity index (χ0n) is 10.3. The van der Waals surface area contributed by atoms with Crippen molar-refractivity contribution >= 4 is 40.0 Å². The van der Waals surface area contributed by atoms with E-state index < -0.39 is 23.0 Å². The van der Waals surface area contributed by atoms with E-state index in [-0.39, 0.29) is 16.4 Å². The van der Waals surface area contributed by atoms with Crippen LogP contribution in [0.3, 0.4) is 0 Å². The number of benzene rings is 2. The predicted octanol–water partition coefficient (Wildman–Crippen LogP) is 5.25. The molecule has 0 unspecified atom stereocenters. The van der Waals surface area contributed by atoms with Crippen molar-refractivity contribution in [1.82, 2.24) is 0 Å². The van der Waals surface area contributed by atoms with E-state index in [1.165, 1.54) is 24.3 Å². The monoisotopic (exact) mass is 326 g/mol. The first-order valence-corrected chi connectivity index (χ1v) is 6.60. The van der Waals surface area contributed by atoms with Gasteiger partial charge in [0, 0.05) is 10.4 Å². The Labute approximate surface area is 127 Å². The zero-order chi connectivity index (χ0) is 15.1. The highest BCUT2D eigenvalue weighted by Crippen LogP contribution is 2.31. The van der Waals surface area contributed by atoms with E-state index >= 15 is 0 Å². The van der Waals surface area contributed by atoms with Crippen LogP contribution >= 0.6 is 23.2 Å². The minimum atomic E-state index is -1.22. The third-order valence-corrected chi connectivity index (χ3v) is 3.45. The van der Waals surface area contributed by atoms with Crippen molar-refractivity contribution in [3.8, 4) is 0 Å². The average Bonchev–Trinajstić information content (AvgIpc) is 2.85. The van der Waals surface area contributed by atoms with Gasteiger partial charge in [0.05, 0.1) is 10.6 Å². The van der Waals surface area contributed by atoms with Crippen LogP contribution in [0, 0.1) is 11.6 Å². The molecule has 0 bridgehead atoms. The largest absolute Gasteiger partial charge is 0.451 e. The van der Waals surface area contributed by atoms with Crippen molar-refractivity contribution in [3.63, 3.8) is 0 Å². The van der Waals surface area contributed by atoms with E-state index in [9.17, 15) is 13.6 Å². The molecule has 3 aromatic rings. The summed E-state index contributed by atoms with van der Waals surface area (Å²) in [4.78, 5) is 12.2. The maximum Gasteiger partial charge on any atom is 0.231 e. The van der Waals surface area contributed by atoms with Crippen LogP contribution in [-0.2, 0) is 0 Å². The van der Waals surface area contributed by atoms with Gasteiger partial charge in [-0.2, -0.15) is 0 Å². The SMILES string of the molecule is O=C(c1cc2cc(Cl)cc(Cl)c2o1)c1cccc(F)c1F. The molecule has 6 heteroatoms. The molecule has 0 fully saturated rings. The van der Waals surface area contributed by atoms with E-state index in [1.54, 1.807) is 6.07 Å². The topological polar surface area (TPSA) is 30.2 Å². The Kier molecular flexibility index (Phi) is 3.43. The quantitative estimate of drug-likeness (QED) is 0.602. The van der Waals surface area contributed by atoms with Crippen molar-refractivity contribution in [2.24, 2.45) is 0 Å². The number of furan rings is 1. The molecule has 0 saturated carbocycles. The van der Waals surface area contributed by atoms with Crippen LogP contribution in [0.25, 0.3) is 11.0 Å². The molecule has 21 heavy (non-hydrogen) atoms. The Morgan fingerprint density at radius 3 is 2.62 bits per heavy atom. The first-order valence-electron chi connectivity index (χ1n) is 5.84. The van der Waals surface area contributed by atoms with Crippen LogP contribution in [-0.4, -0.2) is 5.78 Å². The Bertz CT molecular complexity index is 871. The van der Waals surface area contributed by atoms with E-state index in [1.807, 2.05) is 0 Å². The van der Waals surface area contributed by atoms with Gasteiger partial charge in [-0.05, 0) is 30.3 Å². The molecule has 0 amide bonds. The van der Waals surface area contributed by atoms with Gasteiger partial charge in [0.1, 0.15) is 0 Å². The number of halogens is 4. The molecule has 106 valence electrons. The standard InChI is InChI=1S/C15H6Cl2F2O2/c16-8-4-7-5-12(21-15(7)10(17)6-8)14(20)9-2-1-3-11(18)13(9)19/h1-6H. The van der Waals surface area contributed by atoms with Gasteiger partial charge in [-0.25, -0.2) is 8.78 Å². The smallest absolute Gasteiger partial charge is 0.231 e. The molecule has 1 heterocycles. The Morgan fingerprint density at radius 1 is 1.10 bits per heavy atom. The number of rotatable bonds is 2. The fourth-order valence-corrected chi connectivity index (χ4v) is 2.55. The third-order valence-electron chi connectivity index (χ3n) is 2.96. The zero-order valence-corrected chi connectivity index (χ0v) is 11.8. The summed E-state index contributed by atoms with van der Waals surface area (Å²) < 4.78 is 32.2. The highest BCUT2D eigenvalue weighted by Gasteiger charge is 2.21. The number of carbonyl (C=O) groups is 1. The summed E-state index contributed by atoms with van der Waals surface area (Å²) in [6, 6.07) is 7.78. The van der Waals surface area contributed by atoms with E-state index in [2.05, 4.69) is 0 Å². The van der Waals surface area contributed by atoms with Crippen molar-refractivity contribution in [2.45, 2.75) is 0 Å². The van der Waals surface area contributed by atoms with Crippen LogP contribution in [0.1, 0.15) is 16.1 Å². The number of hydrogen-bond acceptors (Lipinski definition) is 2. The van der Waals surface area contributed by atoms with Crippen molar-refractivity contribution in [2.75, 3.05) is 0 Å². The first-order chi connectivity index (χ1) is 9.97. The molecule has 1 aromatic heterocycles. The number of carbonyl (C=O) groups excluding carboxylic acids is 1. The maximum atomic E-state index is 13.7. The lowest BCUT2D eigenvalue weighted by atomic mass is 10.1. The number of hydrogen-bond donors (Lipinski definition) is 0. The van der Waals surface area contributed by atoms with Crippen LogP contribution in [0.15, 0.2) is 40.8 Å². The molecule has 0 saturated heterocycles. The van der Waals surface area contributed by atoms with Crippen LogP contribution in [0.4, 0.5) is 8.78 Å². The van der Waals surface area contributed by atoms with Gasteiger partial charge in [0.2, 0.25) is 5.78 Å². The van der Waals surface area contributed by atoms with Gasteiger partial charge in [-0.3, -0.25) is 4.79 Å². The van der Waals surface area contributed by atoms with E-state index in [0.29, 0.717) is 10.4 Å². The lowest BCUT2D eigenvalue weighted by Gasteiger charge is -2.00. The van der Waals surface area contributed by atoms with Gasteiger partial charge in [-0.1, -0.05) is 29.3 Å². The predicted molar refractivity (Wildman–Crippen MR) is 76.0 cm³/mol. The van der Waals surface area contributed by atoms with Crippen molar-refractivity contribution < 1.29 is 18.0 Å². The summed E-state index contributed by atoms with van der Waals surface area (Å²) in [5.74, 6) is -3.22. The second-order valence-electron chi connectivity index (χ2n) is 4.35. The summed E-state index contributed by atoms with van der Waals surface area (Å²) >= 11 is 11.8. The number of fused-ring (bicyclic) bond motifs is 1. The van der Waals surface area contributed by atoms with Crippen LogP contribution in [0.5, 0.6) is 0 Å². The molecule has 0 spiro atoms. The van der Waals surface area contributed by atoms with E-state index in [0.717, 1.165) is 6.07 Å². The summed E-state index contributed by atoms with van der Waals surface area (Å²) in [6.07, 6.45) is 0. The molecule has 0 aliphatic rings. The second-order valence-corrected chi connectivity index (χ2v) is 5.19. The van der Waals surface area contributed by atoms with Crippen LogP contribution in [0.2, 0.25) is 10.0 Å². The normalized spacial score (nSPS) is 11.0. The Hall–Kier alpha value is -1.91. The molecule has 0 aliphatic heterocycles. The molecule has 0 atom stereocenters. The summed E-state index contributed by atoms with van der Waals surface area (Å²) in [5, 5.41) is 1.12. The molecule has 3 rings (SSSR count). The maximum absolute atomic E-state index is 13.7.